The van der Waals surface area contributed by atoms with E-state index in [0.717, 1.165) is 0 Å². The molecule has 0 heterocycles. The molecule has 8 nitrogen and oxygen atoms in total. The molecule has 0 aromatic heterocycles. The highest BCUT2D eigenvalue weighted by molar-refractivity contribution is 5.88. The van der Waals surface area contributed by atoms with Crippen LogP contribution in [0.3, 0.4) is 0 Å². The molecule has 37 heavy (non-hydrogen) atoms. The van der Waals surface area contributed by atoms with E-state index in [9.17, 15) is 30.0 Å². The van der Waals surface area contributed by atoms with E-state index in [0.29, 0.717) is 24.0 Å². The largest absolute Gasteiger partial charge is 0.458 e. The van der Waals surface area contributed by atoms with E-state index in [1.165, 1.54) is 0 Å². The number of ether oxygens (including phenoxy) is 2. The van der Waals surface area contributed by atoms with Crippen LogP contribution in [-0.4, -0.2) is 68.5 Å². The lowest BCUT2D eigenvalue weighted by Crippen LogP contribution is -2.67. The minimum atomic E-state index is -2.15. The van der Waals surface area contributed by atoms with Gasteiger partial charge in [-0.05, 0) is 50.7 Å². The van der Waals surface area contributed by atoms with Crippen molar-refractivity contribution in [3.05, 3.63) is 34.9 Å². The molecule has 2 fully saturated rings. The van der Waals surface area contributed by atoms with Crippen LogP contribution in [0.2, 0.25) is 0 Å². The van der Waals surface area contributed by atoms with Crippen molar-refractivity contribution in [2.75, 3.05) is 6.61 Å². The van der Waals surface area contributed by atoms with Gasteiger partial charge in [0.1, 0.15) is 17.3 Å². The Morgan fingerprint density at radius 3 is 2.46 bits per heavy atom. The predicted octanol–water partition coefficient (Wildman–Crippen LogP) is 2.59. The molecule has 0 amide bonds. The molecule has 9 atom stereocenters. The van der Waals surface area contributed by atoms with E-state index < -0.39 is 64.8 Å². The number of hydrogen-bond acceptors (Lipinski definition) is 8. The Morgan fingerprint density at radius 1 is 1.24 bits per heavy atom. The van der Waals surface area contributed by atoms with Gasteiger partial charge in [-0.2, -0.15) is 0 Å². The minimum Gasteiger partial charge on any atom is -0.458 e. The monoisotopic (exact) mass is 518 g/mol. The third kappa shape index (κ3) is 3.48. The van der Waals surface area contributed by atoms with Crippen molar-refractivity contribution in [2.24, 2.45) is 28.6 Å². The third-order valence-corrected chi connectivity index (χ3v) is 10.0. The number of carbonyl (C=O) groups excluding carboxylic acids is 2. The van der Waals surface area contributed by atoms with E-state index in [1.54, 1.807) is 39.0 Å². The van der Waals surface area contributed by atoms with Crippen LogP contribution in [0.15, 0.2) is 34.9 Å². The molecule has 2 bridgehead atoms. The zero-order valence-corrected chi connectivity index (χ0v) is 22.9. The highest BCUT2D eigenvalue weighted by Crippen LogP contribution is 2.76. The fraction of sp³-hybridized carbons (Fsp3) is 0.724. The van der Waals surface area contributed by atoms with Crippen LogP contribution in [-0.2, 0) is 19.1 Å². The van der Waals surface area contributed by atoms with Crippen LogP contribution >= 0.6 is 0 Å². The molecule has 206 valence electrons. The molecule has 4 rings (SSSR count). The van der Waals surface area contributed by atoms with E-state index in [1.807, 2.05) is 27.7 Å². The van der Waals surface area contributed by atoms with Gasteiger partial charge in [0, 0.05) is 29.2 Å². The smallest absolute Gasteiger partial charge is 0.334 e. The van der Waals surface area contributed by atoms with Gasteiger partial charge in [-0.3, -0.25) is 4.79 Å². The first kappa shape index (κ1) is 28.0. The molecule has 0 aromatic rings. The molecule has 0 aliphatic heterocycles. The molecule has 4 aliphatic carbocycles. The Hall–Kier alpha value is -2.00. The highest BCUT2D eigenvalue weighted by Gasteiger charge is 2.83. The lowest BCUT2D eigenvalue weighted by Gasteiger charge is -2.52. The second-order valence-electron chi connectivity index (χ2n) is 12.1. The van der Waals surface area contributed by atoms with Gasteiger partial charge in [0.05, 0.1) is 18.1 Å². The summed E-state index contributed by atoms with van der Waals surface area (Å²) in [6.07, 6.45) is 2.20. The molecule has 0 aromatic carbocycles. The lowest BCUT2D eigenvalue weighted by molar-refractivity contribution is -0.224. The Morgan fingerprint density at radius 2 is 1.89 bits per heavy atom. The second kappa shape index (κ2) is 9.04. The molecular weight excluding hydrogens is 476 g/mol. The standard InChI is InChI=1S/C29H42O8/c1-8-10-20(31)37-28-13-17(5)27-12-16(4)24(36-25(34)15(3)9-2)29(27,35)22(32)18(14-30)11-19(23(27)33)21(28)26(28,6)7/h9,11-12,17,19,21-24,30,32-33,35H,8,10,13-14H2,1-7H3/b15-9-/t17-,19+,21-,22-,23?,24+,27+,28+,29+/m1/s1. The van der Waals surface area contributed by atoms with Crippen molar-refractivity contribution in [3.8, 4) is 0 Å². The second-order valence-corrected chi connectivity index (χ2v) is 12.1. The van der Waals surface area contributed by atoms with Crippen LogP contribution in [0.25, 0.3) is 0 Å². The summed E-state index contributed by atoms with van der Waals surface area (Å²) in [5, 5.41) is 46.6. The van der Waals surface area contributed by atoms with Gasteiger partial charge in [-0.25, -0.2) is 4.79 Å². The van der Waals surface area contributed by atoms with Gasteiger partial charge >= 0.3 is 11.9 Å². The Balaban J connectivity index is 1.91. The number of aliphatic hydroxyl groups excluding tert-OH is 3. The van der Waals surface area contributed by atoms with Gasteiger partial charge < -0.3 is 29.9 Å². The molecule has 0 saturated heterocycles. The van der Waals surface area contributed by atoms with Gasteiger partial charge in [0.15, 0.2) is 6.10 Å². The SMILES string of the molecule is C/C=C(/C)C(=O)O[C@H]1C(C)=C[C@]23C(O)[C@@H](C=C(CO)[C@@H](O)[C@]12O)[C@@H]1C(C)(C)[C@]1(OC(=O)CCC)C[C@H]3C. The third-order valence-electron chi connectivity index (χ3n) is 10.0. The maximum atomic E-state index is 12.8. The first-order valence-corrected chi connectivity index (χ1v) is 13.4. The summed E-state index contributed by atoms with van der Waals surface area (Å²) < 4.78 is 12.0. The average molecular weight is 519 g/mol. The van der Waals surface area contributed by atoms with Crippen LogP contribution in [0.4, 0.5) is 0 Å². The van der Waals surface area contributed by atoms with Crippen LogP contribution in [0, 0.1) is 28.6 Å². The fourth-order valence-electron chi connectivity index (χ4n) is 7.98. The topological polar surface area (TPSA) is 134 Å². The Kier molecular flexibility index (Phi) is 6.85. The summed E-state index contributed by atoms with van der Waals surface area (Å²) in [5.41, 5.74) is -3.95. The maximum absolute atomic E-state index is 12.8. The van der Waals surface area contributed by atoms with Crippen molar-refractivity contribution in [1.82, 2.24) is 0 Å². The first-order valence-electron chi connectivity index (χ1n) is 13.4. The van der Waals surface area contributed by atoms with Crippen LogP contribution in [0.1, 0.15) is 67.7 Å². The quantitative estimate of drug-likeness (QED) is 0.240. The fourth-order valence-corrected chi connectivity index (χ4v) is 7.98. The van der Waals surface area contributed by atoms with Crippen molar-refractivity contribution < 1.29 is 39.5 Å². The Labute approximate surface area is 219 Å². The summed E-state index contributed by atoms with van der Waals surface area (Å²) in [6, 6.07) is 0. The number of fused-ring (bicyclic) bond motifs is 3. The van der Waals surface area contributed by atoms with E-state index in [2.05, 4.69) is 0 Å². The molecule has 0 radical (unpaired) electrons. The first-order chi connectivity index (χ1) is 17.2. The molecular formula is C29H42O8. The molecule has 4 aliphatic rings. The van der Waals surface area contributed by atoms with Gasteiger partial charge in [0.2, 0.25) is 0 Å². The summed E-state index contributed by atoms with van der Waals surface area (Å²) in [7, 11) is 0. The van der Waals surface area contributed by atoms with E-state index >= 15 is 0 Å². The van der Waals surface area contributed by atoms with Gasteiger partial charge in [-0.1, -0.05) is 45.9 Å². The Bertz CT molecular complexity index is 1070. The number of hydrogen-bond donors (Lipinski definition) is 4. The molecule has 1 spiro atoms. The number of esters is 2. The maximum Gasteiger partial charge on any atom is 0.334 e. The van der Waals surface area contributed by atoms with E-state index in [-0.39, 0.29) is 23.9 Å². The predicted molar refractivity (Wildman–Crippen MR) is 136 cm³/mol. The molecule has 2 saturated carbocycles. The molecule has 1 unspecified atom stereocenters. The average Bonchev–Trinajstić information content (AvgIpc) is 3.23. The highest BCUT2D eigenvalue weighted by atomic mass is 16.6. The van der Waals surface area contributed by atoms with Gasteiger partial charge in [-0.15, -0.1) is 0 Å². The summed E-state index contributed by atoms with van der Waals surface area (Å²) >= 11 is 0. The number of allylic oxidation sites excluding steroid dienone is 1. The number of carbonyl (C=O) groups is 2. The number of rotatable bonds is 6. The van der Waals surface area contributed by atoms with Crippen LogP contribution < -0.4 is 0 Å². The summed E-state index contributed by atoms with van der Waals surface area (Å²) in [6.45, 7) is 12.3. The normalized spacial score (nSPS) is 43.9. The lowest BCUT2D eigenvalue weighted by atomic mass is 9.58. The van der Waals surface area contributed by atoms with Crippen molar-refractivity contribution >= 4 is 11.9 Å². The van der Waals surface area contributed by atoms with Gasteiger partial charge in [0.25, 0.3) is 0 Å². The zero-order chi connectivity index (χ0) is 27.7. The number of aliphatic hydroxyl groups is 4. The van der Waals surface area contributed by atoms with Crippen LogP contribution in [0.5, 0.6) is 0 Å². The molecule has 4 N–H and O–H groups in total. The summed E-state index contributed by atoms with van der Waals surface area (Å²) in [5.74, 6) is -2.36. The van der Waals surface area contributed by atoms with E-state index in [4.69, 9.17) is 9.47 Å². The van der Waals surface area contributed by atoms with Crippen molar-refractivity contribution in [3.63, 3.8) is 0 Å². The van der Waals surface area contributed by atoms with Crippen molar-refractivity contribution in [2.45, 2.75) is 97.2 Å². The summed E-state index contributed by atoms with van der Waals surface area (Å²) in [4.78, 5) is 25.6. The zero-order valence-electron chi connectivity index (χ0n) is 22.9. The minimum absolute atomic E-state index is 0.144. The molecule has 8 heteroatoms. The van der Waals surface area contributed by atoms with Crippen molar-refractivity contribution in [1.29, 1.82) is 0 Å².